The Labute approximate surface area is 157 Å². The van der Waals surface area contributed by atoms with Crippen molar-refractivity contribution in [1.82, 2.24) is 19.5 Å². The second kappa shape index (κ2) is 7.59. The second-order valence-electron chi connectivity index (χ2n) is 5.93. The van der Waals surface area contributed by atoms with Crippen LogP contribution in [0.15, 0.2) is 71.0 Å². The van der Waals surface area contributed by atoms with Gasteiger partial charge in [-0.25, -0.2) is 31.2 Å². The van der Waals surface area contributed by atoms with Gasteiger partial charge in [-0.2, -0.15) is 5.10 Å². The predicted octanol–water partition coefficient (Wildman–Crippen LogP) is 1.21. The van der Waals surface area contributed by atoms with Crippen molar-refractivity contribution >= 4 is 19.9 Å². The lowest BCUT2D eigenvalue weighted by Crippen LogP contribution is -2.24. The van der Waals surface area contributed by atoms with Crippen LogP contribution in [0.25, 0.3) is 0 Å². The fraction of sp³-hybridized carbons (Fsp3) is 0.176. The first kappa shape index (κ1) is 19.2. The van der Waals surface area contributed by atoms with Crippen LogP contribution < -0.4 is 4.72 Å². The smallest absolute Gasteiger partial charge is 0.240 e. The third-order valence-electron chi connectivity index (χ3n) is 3.93. The summed E-state index contributed by atoms with van der Waals surface area (Å²) in [5.41, 5.74) is 1.72. The summed E-state index contributed by atoms with van der Waals surface area (Å²) in [6.45, 7) is 0.571. The van der Waals surface area contributed by atoms with E-state index in [0.717, 1.165) is 17.4 Å². The molecule has 0 aliphatic rings. The molecule has 0 aliphatic heterocycles. The topological polar surface area (TPSA) is 111 Å². The Balaban J connectivity index is 1.76. The summed E-state index contributed by atoms with van der Waals surface area (Å²) >= 11 is 0. The van der Waals surface area contributed by atoms with Crippen LogP contribution in [0.5, 0.6) is 0 Å². The summed E-state index contributed by atoms with van der Waals surface area (Å²) in [7, 11) is -7.16. The maximum Gasteiger partial charge on any atom is 0.240 e. The molecule has 8 nitrogen and oxygen atoms in total. The predicted molar refractivity (Wildman–Crippen MR) is 99.1 cm³/mol. The van der Waals surface area contributed by atoms with E-state index in [1.54, 1.807) is 11.0 Å². The molecule has 1 heterocycles. The molecule has 1 N–H and O–H groups in total. The lowest BCUT2D eigenvalue weighted by molar-refractivity contribution is 0.580. The Hall–Kier alpha value is -2.56. The largest absolute Gasteiger partial charge is 0.249 e. The number of rotatable bonds is 7. The van der Waals surface area contributed by atoms with Gasteiger partial charge in [0.05, 0.1) is 16.3 Å². The summed E-state index contributed by atoms with van der Waals surface area (Å²) in [6.07, 6.45) is 4.09. The number of hydrogen-bond acceptors (Lipinski definition) is 6. The standard InChI is InChI=1S/C17H18N4O4S2/c1-26(22,23)16-6-8-17(9-7-16)27(24,25)20-10-14-4-2-3-5-15(14)11-21-13-18-12-19-21/h2-9,12-13,20H,10-11H2,1H3. The molecule has 10 heteroatoms. The number of nitrogens with one attached hydrogen (secondary N) is 1. The highest BCUT2D eigenvalue weighted by Gasteiger charge is 2.16. The molecule has 0 atom stereocenters. The Morgan fingerprint density at radius 3 is 2.15 bits per heavy atom. The van der Waals surface area contributed by atoms with Gasteiger partial charge in [-0.3, -0.25) is 0 Å². The van der Waals surface area contributed by atoms with Crippen LogP contribution in [0, 0.1) is 0 Å². The lowest BCUT2D eigenvalue weighted by atomic mass is 10.1. The van der Waals surface area contributed by atoms with E-state index in [1.165, 1.54) is 30.6 Å². The van der Waals surface area contributed by atoms with Crippen LogP contribution in [0.1, 0.15) is 11.1 Å². The minimum atomic E-state index is -3.78. The summed E-state index contributed by atoms with van der Waals surface area (Å²) in [4.78, 5) is 3.97. The summed E-state index contributed by atoms with van der Waals surface area (Å²) in [5.74, 6) is 0. The Morgan fingerprint density at radius 1 is 0.926 bits per heavy atom. The third-order valence-corrected chi connectivity index (χ3v) is 6.48. The van der Waals surface area contributed by atoms with Crippen LogP contribution >= 0.6 is 0 Å². The molecular formula is C17H18N4O4S2. The number of hydrogen-bond donors (Lipinski definition) is 1. The van der Waals surface area contributed by atoms with Gasteiger partial charge in [-0.05, 0) is 35.4 Å². The molecule has 0 fully saturated rings. The molecule has 3 rings (SSSR count). The Morgan fingerprint density at radius 2 is 1.56 bits per heavy atom. The monoisotopic (exact) mass is 406 g/mol. The highest BCUT2D eigenvalue weighted by Crippen LogP contribution is 2.16. The maximum atomic E-state index is 12.5. The first-order chi connectivity index (χ1) is 12.8. The van der Waals surface area contributed by atoms with Crippen molar-refractivity contribution in [3.05, 3.63) is 72.3 Å². The molecule has 0 bridgehead atoms. The fourth-order valence-corrected chi connectivity index (χ4v) is 4.13. The van der Waals surface area contributed by atoms with E-state index in [4.69, 9.17) is 0 Å². The van der Waals surface area contributed by atoms with Gasteiger partial charge in [-0.15, -0.1) is 0 Å². The molecule has 0 saturated heterocycles. The molecule has 0 aliphatic carbocycles. The SMILES string of the molecule is CS(=O)(=O)c1ccc(S(=O)(=O)NCc2ccccc2Cn2cncn2)cc1. The van der Waals surface area contributed by atoms with Gasteiger partial charge in [-0.1, -0.05) is 24.3 Å². The minimum Gasteiger partial charge on any atom is -0.249 e. The summed E-state index contributed by atoms with van der Waals surface area (Å²) in [6, 6.07) is 12.5. The van der Waals surface area contributed by atoms with Gasteiger partial charge in [0.25, 0.3) is 0 Å². The zero-order valence-corrected chi connectivity index (χ0v) is 16.1. The van der Waals surface area contributed by atoms with Crippen molar-refractivity contribution in [2.75, 3.05) is 6.26 Å². The van der Waals surface area contributed by atoms with Crippen molar-refractivity contribution in [3.8, 4) is 0 Å². The van der Waals surface area contributed by atoms with Crippen molar-refractivity contribution < 1.29 is 16.8 Å². The minimum absolute atomic E-state index is 0.00339. The van der Waals surface area contributed by atoms with E-state index in [2.05, 4.69) is 14.8 Å². The fourth-order valence-electron chi connectivity index (χ4n) is 2.50. The highest BCUT2D eigenvalue weighted by molar-refractivity contribution is 7.90. The van der Waals surface area contributed by atoms with Gasteiger partial charge >= 0.3 is 0 Å². The molecule has 0 saturated carbocycles. The quantitative estimate of drug-likeness (QED) is 0.631. The average Bonchev–Trinajstić information content (AvgIpc) is 3.13. The van der Waals surface area contributed by atoms with E-state index in [0.29, 0.717) is 6.54 Å². The second-order valence-corrected chi connectivity index (χ2v) is 9.71. The molecule has 27 heavy (non-hydrogen) atoms. The van der Waals surface area contributed by atoms with Gasteiger partial charge in [0.2, 0.25) is 10.0 Å². The number of sulfonamides is 1. The molecule has 142 valence electrons. The number of nitrogens with zero attached hydrogens (tertiary/aromatic N) is 3. The highest BCUT2D eigenvalue weighted by atomic mass is 32.2. The summed E-state index contributed by atoms with van der Waals surface area (Å²) < 4.78 is 52.2. The molecule has 1 aromatic heterocycles. The van der Waals surface area contributed by atoms with Gasteiger partial charge in [0.1, 0.15) is 12.7 Å². The van der Waals surface area contributed by atoms with Crippen molar-refractivity contribution in [3.63, 3.8) is 0 Å². The van der Waals surface area contributed by atoms with Gasteiger partial charge in [0, 0.05) is 12.8 Å². The van der Waals surface area contributed by atoms with E-state index in [1.807, 2.05) is 24.3 Å². The Kier molecular flexibility index (Phi) is 5.40. The molecule has 0 unspecified atom stereocenters. The number of sulfone groups is 1. The zero-order chi connectivity index (χ0) is 19.5. The van der Waals surface area contributed by atoms with Crippen LogP contribution in [-0.2, 0) is 33.0 Å². The van der Waals surface area contributed by atoms with Crippen molar-refractivity contribution in [2.24, 2.45) is 0 Å². The van der Waals surface area contributed by atoms with Crippen LogP contribution in [0.3, 0.4) is 0 Å². The molecular weight excluding hydrogens is 388 g/mol. The average molecular weight is 406 g/mol. The Bertz CT molecular complexity index is 1120. The van der Waals surface area contributed by atoms with E-state index < -0.39 is 19.9 Å². The molecule has 2 aromatic carbocycles. The number of aromatic nitrogens is 3. The molecule has 0 radical (unpaired) electrons. The van der Waals surface area contributed by atoms with Crippen LogP contribution in [-0.4, -0.2) is 37.9 Å². The maximum absolute atomic E-state index is 12.5. The molecule has 0 amide bonds. The summed E-state index contributed by atoms with van der Waals surface area (Å²) in [5, 5.41) is 4.05. The van der Waals surface area contributed by atoms with Crippen LogP contribution in [0.2, 0.25) is 0 Å². The van der Waals surface area contributed by atoms with Crippen molar-refractivity contribution in [2.45, 2.75) is 22.9 Å². The molecule has 3 aromatic rings. The number of benzene rings is 2. The first-order valence-electron chi connectivity index (χ1n) is 7.95. The van der Waals surface area contributed by atoms with E-state index in [9.17, 15) is 16.8 Å². The normalized spacial score (nSPS) is 12.2. The van der Waals surface area contributed by atoms with E-state index >= 15 is 0 Å². The third kappa shape index (κ3) is 4.79. The van der Waals surface area contributed by atoms with Gasteiger partial charge in [0.15, 0.2) is 9.84 Å². The van der Waals surface area contributed by atoms with Crippen molar-refractivity contribution in [1.29, 1.82) is 0 Å². The lowest BCUT2D eigenvalue weighted by Gasteiger charge is -2.11. The zero-order valence-electron chi connectivity index (χ0n) is 14.5. The van der Waals surface area contributed by atoms with E-state index in [-0.39, 0.29) is 16.3 Å². The van der Waals surface area contributed by atoms with Gasteiger partial charge < -0.3 is 0 Å². The van der Waals surface area contributed by atoms with Crippen LogP contribution in [0.4, 0.5) is 0 Å². The molecule has 0 spiro atoms. The first-order valence-corrected chi connectivity index (χ1v) is 11.3.